The summed E-state index contributed by atoms with van der Waals surface area (Å²) in [5.41, 5.74) is 12.8. The van der Waals surface area contributed by atoms with Gasteiger partial charge >= 0.3 is 0 Å². The molecule has 1 amide bonds. The molecule has 3 rings (SSSR count). The molecule has 248 valence electrons. The van der Waals surface area contributed by atoms with Crippen LogP contribution in [0.1, 0.15) is 105 Å². The standard InChI is InChI=1S/C23H32ClN5OS2.C7H16.C3H7NO/c1-23(2,3)29-32(30)19-13-16(28-21(26)12-11-20(24)25)9-10-17(19)18-14-27-22(31-18)15-7-5-4-6-8-15;1-5-7(4)6(2)3;1-3(5)4-2/h9-15,28-29H,4-8,25-26H2,1-3H3;6-7H,5H2,1-4H3;1-2H3,(H,4,5)/b20-11-,21-12+;;. The minimum atomic E-state index is -1.42. The summed E-state index contributed by atoms with van der Waals surface area (Å²) >= 11 is 7.36. The number of nitrogens with zero attached hydrogens (tertiary/aromatic N) is 1. The SMILES string of the molecule is CC(C)(C)NS(=O)c1cc(N/C(N)=C/C=C(\N)Cl)ccc1-c1cnc(C2CCCCC2)s1.CCC(C)C(C)C.CNC(C)=O. The van der Waals surface area contributed by atoms with Gasteiger partial charge in [0.05, 0.1) is 19.9 Å². The lowest BCUT2D eigenvalue weighted by Crippen LogP contribution is -2.37. The Kier molecular flexibility index (Phi) is 17.9. The number of aromatic nitrogens is 1. The number of anilines is 1. The van der Waals surface area contributed by atoms with E-state index in [1.54, 1.807) is 24.5 Å². The van der Waals surface area contributed by atoms with E-state index in [0.717, 1.165) is 28.0 Å². The molecule has 1 fully saturated rings. The van der Waals surface area contributed by atoms with Gasteiger partial charge in [-0.15, -0.1) is 11.3 Å². The molecule has 1 aromatic heterocycles. The number of rotatable bonds is 9. The Labute approximate surface area is 277 Å². The van der Waals surface area contributed by atoms with Gasteiger partial charge in [0.15, 0.2) is 0 Å². The number of nitrogens with one attached hydrogen (secondary N) is 3. The molecule has 0 bridgehead atoms. The van der Waals surface area contributed by atoms with Crippen LogP contribution in [-0.2, 0) is 15.8 Å². The summed E-state index contributed by atoms with van der Waals surface area (Å²) in [5.74, 6) is 2.69. The quantitative estimate of drug-likeness (QED) is 0.136. The Balaban J connectivity index is 0.000000682. The average molecular weight is 667 g/mol. The van der Waals surface area contributed by atoms with Gasteiger partial charge < -0.3 is 22.1 Å². The number of hydrogen-bond acceptors (Lipinski definition) is 7. The fourth-order valence-electron chi connectivity index (χ4n) is 4.09. The van der Waals surface area contributed by atoms with Crippen molar-refractivity contribution < 1.29 is 9.00 Å². The molecule has 0 aliphatic heterocycles. The van der Waals surface area contributed by atoms with E-state index in [-0.39, 0.29) is 16.6 Å². The van der Waals surface area contributed by atoms with Gasteiger partial charge in [-0.05, 0) is 69.7 Å². The normalized spacial score (nSPS) is 15.8. The van der Waals surface area contributed by atoms with E-state index in [0.29, 0.717) is 16.6 Å². The van der Waals surface area contributed by atoms with Crippen molar-refractivity contribution in [3.63, 3.8) is 0 Å². The number of hydrogen-bond donors (Lipinski definition) is 5. The van der Waals surface area contributed by atoms with E-state index in [9.17, 15) is 9.00 Å². The van der Waals surface area contributed by atoms with Crippen molar-refractivity contribution in [2.45, 2.75) is 110 Å². The molecule has 1 heterocycles. The molecule has 2 atom stereocenters. The van der Waals surface area contributed by atoms with Gasteiger partial charge in [-0.2, -0.15) is 0 Å². The lowest BCUT2D eigenvalue weighted by atomic mass is 9.90. The van der Waals surface area contributed by atoms with Crippen LogP contribution >= 0.6 is 22.9 Å². The van der Waals surface area contributed by atoms with Crippen molar-refractivity contribution in [2.24, 2.45) is 23.3 Å². The number of amides is 1. The maximum absolute atomic E-state index is 13.3. The Morgan fingerprint density at radius 1 is 1.16 bits per heavy atom. The third kappa shape index (κ3) is 15.5. The molecule has 1 aliphatic carbocycles. The van der Waals surface area contributed by atoms with Gasteiger partial charge in [-0.1, -0.05) is 71.0 Å². The molecule has 1 aliphatic rings. The van der Waals surface area contributed by atoms with Gasteiger partial charge in [0, 0.05) is 42.9 Å². The van der Waals surface area contributed by atoms with Crippen LogP contribution in [0.2, 0.25) is 0 Å². The van der Waals surface area contributed by atoms with Crippen LogP contribution in [0.15, 0.2) is 52.4 Å². The number of thiazole rings is 1. The molecular formula is C33H55ClN6O2S2. The largest absolute Gasteiger partial charge is 0.389 e. The van der Waals surface area contributed by atoms with Crippen molar-refractivity contribution >= 4 is 45.5 Å². The molecule has 1 aromatic carbocycles. The topological polar surface area (TPSA) is 135 Å². The second-order valence-corrected chi connectivity index (χ2v) is 15.1. The third-order valence-corrected chi connectivity index (χ3v) is 10.0. The Hall–Kier alpha value is -2.40. The number of halogens is 1. The number of carbonyl (C=O) groups is 1. The van der Waals surface area contributed by atoms with Gasteiger partial charge in [-0.25, -0.2) is 13.9 Å². The number of carbonyl (C=O) groups excluding carboxylic acids is 1. The van der Waals surface area contributed by atoms with Gasteiger partial charge in [0.2, 0.25) is 5.91 Å². The summed E-state index contributed by atoms with van der Waals surface area (Å²) in [6, 6.07) is 5.75. The highest BCUT2D eigenvalue weighted by molar-refractivity contribution is 7.83. The molecule has 1 saturated carbocycles. The zero-order chi connectivity index (χ0) is 33.4. The first-order valence-electron chi connectivity index (χ1n) is 15.4. The summed E-state index contributed by atoms with van der Waals surface area (Å²) in [7, 11) is 0.179. The Morgan fingerprint density at radius 2 is 1.77 bits per heavy atom. The summed E-state index contributed by atoms with van der Waals surface area (Å²) in [6.07, 6.45) is 12.6. The average Bonchev–Trinajstić information content (AvgIpc) is 3.46. The number of allylic oxidation sites excluding steroid dienone is 2. The van der Waals surface area contributed by atoms with Crippen molar-refractivity contribution in [2.75, 3.05) is 12.4 Å². The van der Waals surface area contributed by atoms with E-state index >= 15 is 0 Å². The fourth-order valence-corrected chi connectivity index (χ4v) is 6.62. The lowest BCUT2D eigenvalue weighted by Gasteiger charge is -2.21. The van der Waals surface area contributed by atoms with Crippen LogP contribution in [0.3, 0.4) is 0 Å². The summed E-state index contributed by atoms with van der Waals surface area (Å²) < 4.78 is 16.5. The molecule has 0 radical (unpaired) electrons. The number of benzene rings is 1. The van der Waals surface area contributed by atoms with Gasteiger partial charge in [0.1, 0.15) is 16.8 Å². The molecule has 11 heteroatoms. The third-order valence-electron chi connectivity index (χ3n) is 7.17. The van der Waals surface area contributed by atoms with Crippen LogP contribution in [0.4, 0.5) is 5.69 Å². The lowest BCUT2D eigenvalue weighted by molar-refractivity contribution is -0.118. The van der Waals surface area contributed by atoms with Crippen molar-refractivity contribution in [3.8, 4) is 10.4 Å². The fraction of sp³-hybridized carbons (Fsp3) is 0.576. The van der Waals surface area contributed by atoms with E-state index in [4.69, 9.17) is 28.1 Å². The summed E-state index contributed by atoms with van der Waals surface area (Å²) in [5, 5.41) is 6.81. The molecule has 0 saturated heterocycles. The van der Waals surface area contributed by atoms with E-state index in [1.807, 2.05) is 45.2 Å². The predicted molar refractivity (Wildman–Crippen MR) is 191 cm³/mol. The summed E-state index contributed by atoms with van der Waals surface area (Å²) in [6.45, 7) is 16.5. The molecule has 0 spiro atoms. The monoisotopic (exact) mass is 666 g/mol. The second kappa shape index (κ2) is 19.9. The van der Waals surface area contributed by atoms with E-state index < -0.39 is 11.0 Å². The van der Waals surface area contributed by atoms with Crippen molar-refractivity contribution in [3.05, 3.63) is 52.5 Å². The molecule has 2 unspecified atom stereocenters. The highest BCUT2D eigenvalue weighted by atomic mass is 35.5. The predicted octanol–water partition coefficient (Wildman–Crippen LogP) is 7.96. The zero-order valence-corrected chi connectivity index (χ0v) is 30.4. The Bertz CT molecular complexity index is 1240. The second-order valence-electron chi connectivity index (χ2n) is 12.5. The number of nitrogens with two attached hydrogens (primary N) is 2. The maximum atomic E-state index is 13.3. The molecule has 44 heavy (non-hydrogen) atoms. The maximum Gasteiger partial charge on any atom is 0.216 e. The van der Waals surface area contributed by atoms with Crippen LogP contribution in [-0.4, -0.2) is 27.7 Å². The summed E-state index contributed by atoms with van der Waals surface area (Å²) in [4.78, 5) is 16.1. The first-order chi connectivity index (χ1) is 20.6. The van der Waals surface area contributed by atoms with Gasteiger partial charge in [0.25, 0.3) is 0 Å². The van der Waals surface area contributed by atoms with Crippen LogP contribution in [0, 0.1) is 11.8 Å². The minimum absolute atomic E-state index is 0.00463. The Morgan fingerprint density at radius 3 is 2.25 bits per heavy atom. The smallest absolute Gasteiger partial charge is 0.216 e. The van der Waals surface area contributed by atoms with Crippen molar-refractivity contribution in [1.29, 1.82) is 0 Å². The van der Waals surface area contributed by atoms with Crippen LogP contribution in [0.5, 0.6) is 0 Å². The molecule has 2 aromatic rings. The highest BCUT2D eigenvalue weighted by Crippen LogP contribution is 2.39. The first-order valence-corrected chi connectivity index (χ1v) is 17.8. The van der Waals surface area contributed by atoms with E-state index in [1.165, 1.54) is 56.5 Å². The first kappa shape index (κ1) is 39.6. The molecule has 8 nitrogen and oxygen atoms in total. The van der Waals surface area contributed by atoms with Gasteiger partial charge in [-0.3, -0.25) is 4.79 Å². The van der Waals surface area contributed by atoms with Crippen molar-refractivity contribution in [1.82, 2.24) is 15.0 Å². The molecule has 7 N–H and O–H groups in total. The van der Waals surface area contributed by atoms with E-state index in [2.05, 4.69) is 43.1 Å². The minimum Gasteiger partial charge on any atom is -0.389 e. The van der Waals surface area contributed by atoms with Crippen LogP contribution < -0.4 is 26.8 Å². The highest BCUT2D eigenvalue weighted by Gasteiger charge is 2.22. The molecular weight excluding hydrogens is 612 g/mol. The van der Waals surface area contributed by atoms with Crippen LogP contribution in [0.25, 0.3) is 10.4 Å². The zero-order valence-electron chi connectivity index (χ0n) is 28.1.